The Labute approximate surface area is 129 Å². The maximum Gasteiger partial charge on any atom is 0.232 e. The number of carbonyl (C=O) groups is 1. The second kappa shape index (κ2) is 6.27. The zero-order valence-corrected chi connectivity index (χ0v) is 13.8. The van der Waals surface area contributed by atoms with Crippen LogP contribution in [-0.2, 0) is 14.6 Å². The molecule has 0 bridgehead atoms. The predicted molar refractivity (Wildman–Crippen MR) is 86.1 cm³/mol. The summed E-state index contributed by atoms with van der Waals surface area (Å²) in [5.41, 5.74) is 7.66. The lowest BCUT2D eigenvalue weighted by Gasteiger charge is -2.23. The van der Waals surface area contributed by atoms with Gasteiger partial charge in [0.05, 0.1) is 17.3 Å². The van der Waals surface area contributed by atoms with Crippen molar-refractivity contribution in [2.75, 3.05) is 30.0 Å². The van der Waals surface area contributed by atoms with Crippen LogP contribution in [0.2, 0.25) is 0 Å². The number of hydrogen-bond acceptors (Lipinski definition) is 5. The van der Waals surface area contributed by atoms with E-state index in [0.717, 1.165) is 10.5 Å². The third kappa shape index (κ3) is 3.91. The molecule has 0 saturated carbocycles. The van der Waals surface area contributed by atoms with Crippen LogP contribution >= 0.6 is 11.8 Å². The second-order valence-corrected chi connectivity index (χ2v) is 8.58. The minimum Gasteiger partial charge on any atom is -0.398 e. The fourth-order valence-corrected chi connectivity index (χ4v) is 5.05. The van der Waals surface area contributed by atoms with Crippen LogP contribution in [-0.4, -0.2) is 49.6 Å². The number of aryl methyl sites for hydroxylation is 1. The molecule has 2 rings (SSSR count). The third-order valence-corrected chi connectivity index (χ3v) is 6.59. The van der Waals surface area contributed by atoms with E-state index in [0.29, 0.717) is 12.1 Å². The molecule has 0 spiro atoms. The number of nitrogen functional groups attached to an aromatic ring is 1. The smallest absolute Gasteiger partial charge is 0.232 e. The highest BCUT2D eigenvalue weighted by Gasteiger charge is 2.32. The summed E-state index contributed by atoms with van der Waals surface area (Å²) in [6.45, 7) is 1.93. The number of nitrogens with two attached hydrogens (primary N) is 1. The zero-order chi connectivity index (χ0) is 15.6. The molecule has 2 N–H and O–H groups in total. The summed E-state index contributed by atoms with van der Waals surface area (Å²) in [5.74, 6) is 0.448. The summed E-state index contributed by atoms with van der Waals surface area (Å²) in [4.78, 5) is 14.6. The monoisotopic (exact) mass is 328 g/mol. The molecule has 1 atom stereocenters. The lowest BCUT2D eigenvalue weighted by atomic mass is 10.2. The van der Waals surface area contributed by atoms with Gasteiger partial charge in [0.2, 0.25) is 5.91 Å². The molecule has 1 amide bonds. The second-order valence-electron chi connectivity index (χ2n) is 5.34. The molecule has 5 nitrogen and oxygen atoms in total. The molecule has 7 heteroatoms. The molecule has 0 radical (unpaired) electrons. The minimum absolute atomic E-state index is 0.0667. The molecule has 0 aliphatic carbocycles. The van der Waals surface area contributed by atoms with Crippen LogP contribution in [0, 0.1) is 6.92 Å². The van der Waals surface area contributed by atoms with Gasteiger partial charge in [-0.25, -0.2) is 8.42 Å². The largest absolute Gasteiger partial charge is 0.398 e. The summed E-state index contributed by atoms with van der Waals surface area (Å²) < 4.78 is 22.9. The first-order valence-corrected chi connectivity index (χ1v) is 9.55. The van der Waals surface area contributed by atoms with Crippen molar-refractivity contribution in [2.24, 2.45) is 0 Å². The fraction of sp³-hybridized carbons (Fsp3) is 0.500. The van der Waals surface area contributed by atoms with Crippen LogP contribution in [0.5, 0.6) is 0 Å². The van der Waals surface area contributed by atoms with Gasteiger partial charge in [0.1, 0.15) is 0 Å². The average Bonchev–Trinajstić information content (AvgIpc) is 2.79. The molecular weight excluding hydrogens is 308 g/mol. The molecule has 21 heavy (non-hydrogen) atoms. The summed E-state index contributed by atoms with van der Waals surface area (Å²) in [5, 5.41) is 0. The van der Waals surface area contributed by atoms with Crippen molar-refractivity contribution in [3.05, 3.63) is 23.8 Å². The number of anilines is 1. The van der Waals surface area contributed by atoms with E-state index in [1.54, 1.807) is 11.9 Å². The maximum absolute atomic E-state index is 12.2. The molecule has 1 aliphatic heterocycles. The summed E-state index contributed by atoms with van der Waals surface area (Å²) in [7, 11) is -1.30. The molecule has 1 heterocycles. The van der Waals surface area contributed by atoms with Gasteiger partial charge in [-0.1, -0.05) is 12.1 Å². The van der Waals surface area contributed by atoms with Gasteiger partial charge in [0, 0.05) is 23.7 Å². The van der Waals surface area contributed by atoms with E-state index < -0.39 is 9.84 Å². The van der Waals surface area contributed by atoms with Crippen molar-refractivity contribution < 1.29 is 13.2 Å². The number of sulfone groups is 1. The first-order valence-electron chi connectivity index (χ1n) is 6.74. The summed E-state index contributed by atoms with van der Waals surface area (Å²) >= 11 is 1.39. The molecule has 116 valence electrons. The molecule has 1 aromatic rings. The molecular formula is C14H20N2O3S2. The van der Waals surface area contributed by atoms with Gasteiger partial charge in [-0.15, -0.1) is 11.8 Å². The molecule has 1 aliphatic rings. The van der Waals surface area contributed by atoms with E-state index in [1.165, 1.54) is 11.8 Å². The quantitative estimate of drug-likeness (QED) is 0.666. The fourth-order valence-electron chi connectivity index (χ4n) is 2.31. The predicted octanol–water partition coefficient (Wildman–Crippen LogP) is 1.31. The van der Waals surface area contributed by atoms with Crippen molar-refractivity contribution in [3.63, 3.8) is 0 Å². The highest BCUT2D eigenvalue weighted by molar-refractivity contribution is 8.00. The van der Waals surface area contributed by atoms with E-state index >= 15 is 0 Å². The Hall–Kier alpha value is -1.21. The van der Waals surface area contributed by atoms with Gasteiger partial charge in [0.15, 0.2) is 9.84 Å². The van der Waals surface area contributed by atoms with Crippen molar-refractivity contribution in [1.82, 2.24) is 4.90 Å². The first kappa shape index (κ1) is 16.2. The number of carbonyl (C=O) groups excluding carboxylic acids is 1. The number of para-hydroxylation sites is 1. The van der Waals surface area contributed by atoms with Crippen molar-refractivity contribution in [3.8, 4) is 0 Å². The third-order valence-electron chi connectivity index (χ3n) is 3.78. The van der Waals surface area contributed by atoms with Crippen LogP contribution < -0.4 is 5.73 Å². The van der Waals surface area contributed by atoms with Crippen LogP contribution in [0.1, 0.15) is 12.0 Å². The minimum atomic E-state index is -2.97. The van der Waals surface area contributed by atoms with Crippen LogP contribution in [0.3, 0.4) is 0 Å². The van der Waals surface area contributed by atoms with Crippen molar-refractivity contribution in [1.29, 1.82) is 0 Å². The Morgan fingerprint density at radius 3 is 2.81 bits per heavy atom. The Morgan fingerprint density at radius 1 is 1.48 bits per heavy atom. The summed E-state index contributed by atoms with van der Waals surface area (Å²) in [6, 6.07) is 5.53. The Balaban J connectivity index is 1.94. The number of hydrogen-bond donors (Lipinski definition) is 1. The van der Waals surface area contributed by atoms with Crippen LogP contribution in [0.25, 0.3) is 0 Å². The SMILES string of the molecule is Cc1cccc(SCC(=O)N(C)C2CCS(=O)(=O)C2)c1N. The zero-order valence-electron chi connectivity index (χ0n) is 12.2. The number of amides is 1. The Kier molecular flexibility index (Phi) is 4.83. The molecule has 1 aromatic carbocycles. The average molecular weight is 328 g/mol. The topological polar surface area (TPSA) is 80.5 Å². The summed E-state index contributed by atoms with van der Waals surface area (Å²) in [6.07, 6.45) is 0.530. The van der Waals surface area contributed by atoms with Gasteiger partial charge in [0.25, 0.3) is 0 Å². The van der Waals surface area contributed by atoms with E-state index in [-0.39, 0.29) is 29.2 Å². The van der Waals surface area contributed by atoms with Gasteiger partial charge < -0.3 is 10.6 Å². The van der Waals surface area contributed by atoms with Crippen molar-refractivity contribution >= 4 is 33.2 Å². The first-order chi connectivity index (χ1) is 9.80. The van der Waals surface area contributed by atoms with Gasteiger partial charge in [-0.05, 0) is 25.0 Å². The van der Waals surface area contributed by atoms with Gasteiger partial charge >= 0.3 is 0 Å². The number of rotatable bonds is 4. The number of nitrogens with zero attached hydrogens (tertiary/aromatic N) is 1. The van der Waals surface area contributed by atoms with Gasteiger partial charge in [-0.2, -0.15) is 0 Å². The lowest BCUT2D eigenvalue weighted by Crippen LogP contribution is -2.38. The van der Waals surface area contributed by atoms with Crippen LogP contribution in [0.4, 0.5) is 5.69 Å². The van der Waals surface area contributed by atoms with Gasteiger partial charge in [-0.3, -0.25) is 4.79 Å². The van der Waals surface area contributed by atoms with E-state index in [1.807, 2.05) is 25.1 Å². The van der Waals surface area contributed by atoms with Crippen LogP contribution in [0.15, 0.2) is 23.1 Å². The van der Waals surface area contributed by atoms with E-state index in [2.05, 4.69) is 0 Å². The Bertz CT molecular complexity index is 644. The molecule has 0 aromatic heterocycles. The maximum atomic E-state index is 12.2. The lowest BCUT2D eigenvalue weighted by molar-refractivity contribution is -0.128. The van der Waals surface area contributed by atoms with E-state index in [4.69, 9.17) is 5.73 Å². The molecule has 1 unspecified atom stereocenters. The standard InChI is InChI=1S/C14H20N2O3S2/c1-10-4-3-5-12(14(10)15)20-8-13(17)16(2)11-6-7-21(18,19)9-11/h3-5,11H,6-9,15H2,1-2H3. The van der Waals surface area contributed by atoms with Crippen molar-refractivity contribution in [2.45, 2.75) is 24.3 Å². The highest BCUT2D eigenvalue weighted by Crippen LogP contribution is 2.28. The molecule has 1 saturated heterocycles. The number of benzene rings is 1. The Morgan fingerprint density at radius 2 is 2.19 bits per heavy atom. The number of thioether (sulfide) groups is 1. The van der Waals surface area contributed by atoms with E-state index in [9.17, 15) is 13.2 Å². The highest BCUT2D eigenvalue weighted by atomic mass is 32.2. The normalized spacial score (nSPS) is 20.4. The molecule has 1 fully saturated rings.